The quantitative estimate of drug-likeness (QED) is 0.798. The Balaban J connectivity index is 2.49. The summed E-state index contributed by atoms with van der Waals surface area (Å²) in [5, 5.41) is 3.55. The number of halogens is 1. The number of piperazine rings is 1. The highest BCUT2D eigenvalue weighted by Crippen LogP contribution is 2.15. The van der Waals surface area contributed by atoms with Gasteiger partial charge in [0.1, 0.15) is 0 Å². The fraction of sp³-hybridized carbons (Fsp3) is 0.833. The molecule has 0 bridgehead atoms. The van der Waals surface area contributed by atoms with Gasteiger partial charge in [-0.2, -0.15) is 0 Å². The zero-order valence-electron chi connectivity index (χ0n) is 10.0. The maximum absolute atomic E-state index is 5.59. The van der Waals surface area contributed by atoms with E-state index in [-0.39, 0.29) is 0 Å². The van der Waals surface area contributed by atoms with Crippen molar-refractivity contribution in [2.24, 2.45) is 5.92 Å². The lowest BCUT2D eigenvalue weighted by atomic mass is 9.99. The average molecular weight is 231 g/mol. The van der Waals surface area contributed by atoms with Crippen molar-refractivity contribution in [3.8, 4) is 0 Å². The second-order valence-electron chi connectivity index (χ2n) is 4.91. The van der Waals surface area contributed by atoms with Crippen molar-refractivity contribution in [3.63, 3.8) is 0 Å². The van der Waals surface area contributed by atoms with Crippen LogP contribution in [-0.2, 0) is 0 Å². The Morgan fingerprint density at radius 3 is 2.87 bits per heavy atom. The minimum Gasteiger partial charge on any atom is -0.311 e. The Morgan fingerprint density at radius 2 is 2.27 bits per heavy atom. The Labute approximate surface area is 98.7 Å². The van der Waals surface area contributed by atoms with Crippen molar-refractivity contribution < 1.29 is 0 Å². The van der Waals surface area contributed by atoms with Crippen LogP contribution in [-0.4, -0.2) is 36.6 Å². The molecule has 0 saturated carbocycles. The summed E-state index contributed by atoms with van der Waals surface area (Å²) in [6, 6.07) is 1.26. The molecule has 0 aliphatic carbocycles. The molecule has 15 heavy (non-hydrogen) atoms. The molecule has 1 heterocycles. The minimum absolute atomic E-state index is 0.595. The first-order valence-electron chi connectivity index (χ1n) is 5.86. The van der Waals surface area contributed by atoms with Gasteiger partial charge >= 0.3 is 0 Å². The zero-order valence-corrected chi connectivity index (χ0v) is 10.8. The van der Waals surface area contributed by atoms with Gasteiger partial charge < -0.3 is 5.32 Å². The van der Waals surface area contributed by atoms with Crippen LogP contribution in [0.2, 0.25) is 0 Å². The van der Waals surface area contributed by atoms with Crippen LogP contribution in [0.5, 0.6) is 0 Å². The Bertz CT molecular complexity index is 204. The van der Waals surface area contributed by atoms with Gasteiger partial charge in [-0.3, -0.25) is 4.90 Å². The Morgan fingerprint density at radius 1 is 1.53 bits per heavy atom. The maximum atomic E-state index is 5.59. The molecule has 1 fully saturated rings. The van der Waals surface area contributed by atoms with Crippen molar-refractivity contribution in [1.82, 2.24) is 10.2 Å². The number of nitrogens with one attached hydrogen (secondary N) is 1. The molecule has 2 atom stereocenters. The van der Waals surface area contributed by atoms with Gasteiger partial charge in [0.25, 0.3) is 0 Å². The monoisotopic (exact) mass is 230 g/mol. The number of rotatable bonds is 4. The third-order valence-corrected chi connectivity index (χ3v) is 3.08. The van der Waals surface area contributed by atoms with Gasteiger partial charge in [-0.25, -0.2) is 0 Å². The van der Waals surface area contributed by atoms with Gasteiger partial charge in [-0.15, -0.1) is 0 Å². The van der Waals surface area contributed by atoms with Crippen molar-refractivity contribution in [3.05, 3.63) is 11.6 Å². The van der Waals surface area contributed by atoms with Gasteiger partial charge in [0.15, 0.2) is 0 Å². The molecule has 1 aliphatic heterocycles. The Kier molecular flexibility index (Phi) is 5.65. The van der Waals surface area contributed by atoms with Crippen LogP contribution >= 0.6 is 11.6 Å². The summed E-state index contributed by atoms with van der Waals surface area (Å²) in [7, 11) is 0. The molecule has 1 rings (SSSR count). The first-order valence-corrected chi connectivity index (χ1v) is 6.29. The number of nitrogens with zero attached hydrogens (tertiary/aromatic N) is 1. The largest absolute Gasteiger partial charge is 0.311 e. The van der Waals surface area contributed by atoms with Crippen molar-refractivity contribution in [1.29, 1.82) is 0 Å². The van der Waals surface area contributed by atoms with E-state index in [9.17, 15) is 0 Å². The predicted molar refractivity (Wildman–Crippen MR) is 67.3 cm³/mol. The van der Waals surface area contributed by atoms with Crippen LogP contribution in [0.25, 0.3) is 0 Å². The summed E-state index contributed by atoms with van der Waals surface area (Å²) in [6.07, 6.45) is 3.29. The van der Waals surface area contributed by atoms with Gasteiger partial charge in [-0.05, 0) is 19.3 Å². The molecule has 3 heteroatoms. The van der Waals surface area contributed by atoms with Gasteiger partial charge in [0, 0.05) is 37.3 Å². The molecule has 0 radical (unpaired) electrons. The lowest BCUT2D eigenvalue weighted by molar-refractivity contribution is 0.133. The van der Waals surface area contributed by atoms with Crippen molar-refractivity contribution in [2.75, 3.05) is 19.6 Å². The van der Waals surface area contributed by atoms with Gasteiger partial charge in [0.05, 0.1) is 0 Å². The highest BCUT2D eigenvalue weighted by atomic mass is 35.5. The number of hydrogen-bond donors (Lipinski definition) is 1. The normalized spacial score (nSPS) is 29.1. The highest BCUT2D eigenvalue weighted by Gasteiger charge is 2.25. The van der Waals surface area contributed by atoms with Crippen LogP contribution < -0.4 is 5.32 Å². The van der Waals surface area contributed by atoms with E-state index in [2.05, 4.69) is 31.0 Å². The third-order valence-electron chi connectivity index (χ3n) is 2.90. The molecule has 0 aromatic carbocycles. The summed E-state index contributed by atoms with van der Waals surface area (Å²) in [5.41, 5.74) is 1.62. The molecule has 1 N–H and O–H groups in total. The van der Waals surface area contributed by atoms with Crippen LogP contribution in [0.4, 0.5) is 0 Å². The second kappa shape index (κ2) is 6.51. The molecule has 0 aromatic rings. The van der Waals surface area contributed by atoms with Crippen LogP contribution in [0.15, 0.2) is 11.6 Å². The van der Waals surface area contributed by atoms with E-state index < -0.39 is 0 Å². The fourth-order valence-corrected chi connectivity index (χ4v) is 2.29. The molecule has 2 unspecified atom stereocenters. The Hall–Kier alpha value is -0.0500. The highest BCUT2D eigenvalue weighted by molar-refractivity contribution is 6.25. The topological polar surface area (TPSA) is 15.3 Å². The molecule has 0 spiro atoms. The maximum Gasteiger partial charge on any atom is 0.0227 e. The van der Waals surface area contributed by atoms with E-state index in [1.165, 1.54) is 6.42 Å². The molecule has 88 valence electrons. The van der Waals surface area contributed by atoms with E-state index in [4.69, 9.17) is 11.6 Å². The molecule has 1 aliphatic rings. The fourth-order valence-electron chi connectivity index (χ4n) is 2.21. The van der Waals surface area contributed by atoms with Gasteiger partial charge in [0.2, 0.25) is 0 Å². The van der Waals surface area contributed by atoms with E-state index >= 15 is 0 Å². The summed E-state index contributed by atoms with van der Waals surface area (Å²) >= 11 is 5.59. The smallest absolute Gasteiger partial charge is 0.0227 e. The first kappa shape index (κ1) is 13.0. The molecular weight excluding hydrogens is 208 g/mol. The lowest BCUT2D eigenvalue weighted by Gasteiger charge is -2.39. The van der Waals surface area contributed by atoms with E-state index in [0.717, 1.165) is 25.6 Å². The second-order valence-corrected chi connectivity index (χ2v) is 5.16. The van der Waals surface area contributed by atoms with Crippen molar-refractivity contribution >= 4 is 11.6 Å². The van der Waals surface area contributed by atoms with E-state index in [1.807, 2.05) is 6.08 Å². The number of hydrogen-bond acceptors (Lipinski definition) is 2. The molecular formula is C12H23ClN2. The summed E-state index contributed by atoms with van der Waals surface area (Å²) in [6.45, 7) is 10.0. The zero-order chi connectivity index (χ0) is 11.3. The standard InChI is InChI=1S/C12H23ClN2/c1-10(2)7-12-8-14-11(3)9-15(12)6-4-5-13/h4-5,10-12,14H,6-9H2,1-3H3/b5-4+. The predicted octanol–water partition coefficient (Wildman–Crippen LogP) is 2.45. The van der Waals surface area contributed by atoms with E-state index in [1.54, 1.807) is 5.54 Å². The first-order chi connectivity index (χ1) is 7.13. The third kappa shape index (κ3) is 4.54. The molecule has 0 aromatic heterocycles. The summed E-state index contributed by atoms with van der Waals surface area (Å²) in [5.74, 6) is 0.757. The molecule has 0 amide bonds. The average Bonchev–Trinajstić information content (AvgIpc) is 2.18. The SMILES string of the molecule is CC(C)CC1CNC(C)CN1C/C=C/Cl. The summed E-state index contributed by atoms with van der Waals surface area (Å²) < 4.78 is 0. The van der Waals surface area contributed by atoms with E-state index in [0.29, 0.717) is 12.1 Å². The van der Waals surface area contributed by atoms with Crippen molar-refractivity contribution in [2.45, 2.75) is 39.3 Å². The lowest BCUT2D eigenvalue weighted by Crippen LogP contribution is -2.55. The summed E-state index contributed by atoms with van der Waals surface area (Å²) in [4.78, 5) is 2.53. The molecule has 1 saturated heterocycles. The van der Waals surface area contributed by atoms with Gasteiger partial charge in [-0.1, -0.05) is 31.5 Å². The minimum atomic E-state index is 0.595. The molecule has 2 nitrogen and oxygen atoms in total. The van der Waals surface area contributed by atoms with Crippen LogP contribution in [0.3, 0.4) is 0 Å². The van der Waals surface area contributed by atoms with Crippen LogP contribution in [0.1, 0.15) is 27.2 Å². The van der Waals surface area contributed by atoms with Crippen LogP contribution in [0, 0.1) is 5.92 Å².